The molecule has 2 aliphatic rings. The zero-order valence-electron chi connectivity index (χ0n) is 19.6. The van der Waals surface area contributed by atoms with Crippen LogP contribution < -0.4 is 10.6 Å². The van der Waals surface area contributed by atoms with Crippen LogP contribution in [0.2, 0.25) is 0 Å². The molecule has 34 heavy (non-hydrogen) atoms. The maximum atomic E-state index is 12.5. The van der Waals surface area contributed by atoms with Gasteiger partial charge in [0.05, 0.1) is 18.7 Å². The maximum absolute atomic E-state index is 12.5. The molecule has 4 rings (SSSR count). The van der Waals surface area contributed by atoms with Crippen LogP contribution in [0.1, 0.15) is 51.0 Å². The molecule has 0 aromatic carbocycles. The van der Waals surface area contributed by atoms with Gasteiger partial charge in [-0.15, -0.1) is 5.10 Å². The Bertz CT molecular complexity index is 972. The molecule has 11 heteroatoms. The molecule has 0 spiro atoms. The number of aromatic nitrogens is 4. The molecule has 3 heterocycles. The standard InChI is InChI=1S/C23H33N9O2/c1-17-22(23(34)25-15-18-7-2-3-8-18)28-30-32(17)12-5-4-11-31-16-20(27-29-31)26-21(33)13-19-9-6-10-24-14-19/h6,9-10,14,16-18,22H,2-5,7-8,11-13,15H2,1H3,(H,25,34)(H,26,33). The summed E-state index contributed by atoms with van der Waals surface area (Å²) < 4.78 is 1.72. The van der Waals surface area contributed by atoms with Crippen molar-refractivity contribution in [2.24, 2.45) is 16.3 Å². The number of unbranched alkanes of at least 4 members (excludes halogenated alkanes) is 1. The fraction of sp³-hybridized carbons (Fsp3) is 0.609. The van der Waals surface area contributed by atoms with Crippen LogP contribution in [0.5, 0.6) is 0 Å². The van der Waals surface area contributed by atoms with Crippen molar-refractivity contribution in [2.75, 3.05) is 18.4 Å². The van der Waals surface area contributed by atoms with Gasteiger partial charge in [-0.2, -0.15) is 5.11 Å². The van der Waals surface area contributed by atoms with E-state index in [1.165, 1.54) is 25.7 Å². The van der Waals surface area contributed by atoms with Crippen LogP contribution in [0.15, 0.2) is 41.1 Å². The predicted octanol–water partition coefficient (Wildman–Crippen LogP) is 2.38. The minimum atomic E-state index is -0.436. The Balaban J connectivity index is 1.12. The second-order valence-corrected chi connectivity index (χ2v) is 9.11. The highest BCUT2D eigenvalue weighted by atomic mass is 16.2. The van der Waals surface area contributed by atoms with Gasteiger partial charge in [-0.25, -0.2) is 0 Å². The van der Waals surface area contributed by atoms with Gasteiger partial charge in [-0.3, -0.25) is 24.3 Å². The Morgan fingerprint density at radius 2 is 2.00 bits per heavy atom. The Labute approximate surface area is 199 Å². The first kappa shape index (κ1) is 23.8. The van der Waals surface area contributed by atoms with Crippen molar-refractivity contribution in [3.05, 3.63) is 36.3 Å². The zero-order chi connectivity index (χ0) is 23.8. The molecule has 0 saturated heterocycles. The Morgan fingerprint density at radius 1 is 1.18 bits per heavy atom. The van der Waals surface area contributed by atoms with Crippen LogP contribution >= 0.6 is 0 Å². The fourth-order valence-corrected chi connectivity index (χ4v) is 4.43. The number of pyridine rings is 1. The molecule has 2 unspecified atom stereocenters. The van der Waals surface area contributed by atoms with Crippen LogP contribution in [0.25, 0.3) is 0 Å². The first-order chi connectivity index (χ1) is 16.6. The van der Waals surface area contributed by atoms with Crippen molar-refractivity contribution < 1.29 is 9.59 Å². The number of carbonyl (C=O) groups excluding carboxylic acids is 2. The van der Waals surface area contributed by atoms with E-state index in [9.17, 15) is 9.59 Å². The summed E-state index contributed by atoms with van der Waals surface area (Å²) in [6, 6.07) is 3.18. The van der Waals surface area contributed by atoms with Crippen molar-refractivity contribution in [1.29, 1.82) is 0 Å². The number of nitrogens with zero attached hydrogens (tertiary/aromatic N) is 7. The number of hydrogen-bond donors (Lipinski definition) is 2. The molecule has 2 aromatic heterocycles. The lowest BCUT2D eigenvalue weighted by Gasteiger charge is -2.22. The van der Waals surface area contributed by atoms with Crippen molar-refractivity contribution in [2.45, 2.75) is 70.5 Å². The number of nitrogens with one attached hydrogen (secondary N) is 2. The van der Waals surface area contributed by atoms with Gasteiger partial charge in [0, 0.05) is 32.0 Å². The van der Waals surface area contributed by atoms with Gasteiger partial charge in [0.25, 0.3) is 0 Å². The molecule has 0 bridgehead atoms. The van der Waals surface area contributed by atoms with E-state index in [0.29, 0.717) is 18.3 Å². The van der Waals surface area contributed by atoms with E-state index in [1.807, 2.05) is 18.0 Å². The molecule has 1 fully saturated rings. The van der Waals surface area contributed by atoms with Crippen molar-refractivity contribution in [3.63, 3.8) is 0 Å². The predicted molar refractivity (Wildman–Crippen MR) is 126 cm³/mol. The number of carbonyl (C=O) groups is 2. The van der Waals surface area contributed by atoms with E-state index in [2.05, 4.69) is 36.3 Å². The first-order valence-electron chi connectivity index (χ1n) is 12.1. The summed E-state index contributed by atoms with van der Waals surface area (Å²) in [7, 11) is 0. The van der Waals surface area contributed by atoms with E-state index in [0.717, 1.165) is 31.5 Å². The number of anilines is 1. The molecule has 182 valence electrons. The van der Waals surface area contributed by atoms with E-state index in [1.54, 1.807) is 29.3 Å². The average molecular weight is 468 g/mol. The van der Waals surface area contributed by atoms with E-state index < -0.39 is 6.04 Å². The third kappa shape index (κ3) is 6.58. The molecule has 1 saturated carbocycles. The number of hydrogen-bond acceptors (Lipinski definition) is 8. The summed E-state index contributed by atoms with van der Waals surface area (Å²) in [4.78, 5) is 28.7. The lowest BCUT2D eigenvalue weighted by atomic mass is 10.1. The van der Waals surface area contributed by atoms with E-state index in [-0.39, 0.29) is 24.3 Å². The third-order valence-electron chi connectivity index (χ3n) is 6.44. The van der Waals surface area contributed by atoms with Crippen molar-refractivity contribution >= 4 is 17.6 Å². The highest BCUT2D eigenvalue weighted by Crippen LogP contribution is 2.24. The largest absolute Gasteiger partial charge is 0.354 e. The second-order valence-electron chi connectivity index (χ2n) is 9.11. The van der Waals surface area contributed by atoms with Gasteiger partial charge < -0.3 is 10.6 Å². The van der Waals surface area contributed by atoms with Gasteiger partial charge in [-0.1, -0.05) is 29.3 Å². The summed E-state index contributed by atoms with van der Waals surface area (Å²) in [5.74, 6) is 0.865. The lowest BCUT2D eigenvalue weighted by molar-refractivity contribution is -0.123. The molecule has 0 radical (unpaired) electrons. The Hall–Kier alpha value is -3.37. The van der Waals surface area contributed by atoms with Gasteiger partial charge in [-0.05, 0) is 50.2 Å². The quantitative estimate of drug-likeness (QED) is 0.488. The molecule has 11 nitrogen and oxygen atoms in total. The van der Waals surface area contributed by atoms with E-state index in [4.69, 9.17) is 0 Å². The monoisotopic (exact) mass is 467 g/mol. The second kappa shape index (κ2) is 11.7. The topological polar surface area (TPSA) is 130 Å². The third-order valence-corrected chi connectivity index (χ3v) is 6.44. The smallest absolute Gasteiger partial charge is 0.249 e. The van der Waals surface area contributed by atoms with Crippen LogP contribution in [0, 0.1) is 5.92 Å². The molecule has 1 aliphatic heterocycles. The highest BCUT2D eigenvalue weighted by Gasteiger charge is 2.34. The summed E-state index contributed by atoms with van der Waals surface area (Å²) in [6.07, 6.45) is 12.0. The maximum Gasteiger partial charge on any atom is 0.249 e. The van der Waals surface area contributed by atoms with Crippen molar-refractivity contribution in [3.8, 4) is 0 Å². The minimum absolute atomic E-state index is 0.0219. The van der Waals surface area contributed by atoms with E-state index >= 15 is 0 Å². The van der Waals surface area contributed by atoms with Crippen LogP contribution in [0.3, 0.4) is 0 Å². The SMILES string of the molecule is CC1C(C(=O)NCC2CCCC2)N=NN1CCCCn1cc(NC(=O)Cc2cccnc2)nn1. The Kier molecular flexibility index (Phi) is 8.16. The minimum Gasteiger partial charge on any atom is -0.354 e. The van der Waals surface area contributed by atoms with Crippen LogP contribution in [0.4, 0.5) is 5.82 Å². The summed E-state index contributed by atoms with van der Waals surface area (Å²) in [6.45, 7) is 4.15. The van der Waals surface area contributed by atoms with Gasteiger partial charge >= 0.3 is 0 Å². The molecular weight excluding hydrogens is 434 g/mol. The molecule has 2 atom stereocenters. The van der Waals surface area contributed by atoms with Crippen LogP contribution in [-0.2, 0) is 22.6 Å². The number of amides is 2. The highest BCUT2D eigenvalue weighted by molar-refractivity contribution is 5.91. The normalized spacial score (nSPS) is 20.1. The van der Waals surface area contributed by atoms with Gasteiger partial charge in [0.15, 0.2) is 11.9 Å². The summed E-state index contributed by atoms with van der Waals surface area (Å²) in [5, 5.41) is 24.3. The molecule has 2 amide bonds. The first-order valence-corrected chi connectivity index (χ1v) is 12.1. The summed E-state index contributed by atoms with van der Waals surface area (Å²) in [5.41, 5.74) is 0.842. The van der Waals surface area contributed by atoms with Crippen LogP contribution in [-0.4, -0.2) is 62.0 Å². The zero-order valence-corrected chi connectivity index (χ0v) is 19.6. The van der Waals surface area contributed by atoms with Gasteiger partial charge in [0.1, 0.15) is 0 Å². The molecule has 2 N–H and O–H groups in total. The lowest BCUT2D eigenvalue weighted by Crippen LogP contribution is -2.44. The molecule has 2 aromatic rings. The number of rotatable bonds is 11. The average Bonchev–Trinajstić information content (AvgIpc) is 3.58. The van der Waals surface area contributed by atoms with Crippen molar-refractivity contribution in [1.82, 2.24) is 30.3 Å². The van der Waals surface area contributed by atoms with Gasteiger partial charge in [0.2, 0.25) is 11.8 Å². The fourth-order valence-electron chi connectivity index (χ4n) is 4.43. The molecule has 1 aliphatic carbocycles. The Morgan fingerprint density at radius 3 is 2.79 bits per heavy atom. The molecular formula is C23H33N9O2. The summed E-state index contributed by atoms with van der Waals surface area (Å²) >= 11 is 0. The number of aryl methyl sites for hydroxylation is 1.